The van der Waals surface area contributed by atoms with E-state index in [1.807, 2.05) is 6.07 Å². The van der Waals surface area contributed by atoms with E-state index in [4.69, 9.17) is 0 Å². The van der Waals surface area contributed by atoms with Gasteiger partial charge in [-0.3, -0.25) is 0 Å². The lowest BCUT2D eigenvalue weighted by molar-refractivity contribution is 0.612. The number of anilines is 1. The Bertz CT molecular complexity index is 484. The van der Waals surface area contributed by atoms with E-state index >= 15 is 0 Å². The van der Waals surface area contributed by atoms with Crippen LogP contribution in [0.15, 0.2) is 24.3 Å². The second-order valence-corrected chi connectivity index (χ2v) is 4.46. The van der Waals surface area contributed by atoms with Crippen LogP contribution in [0.25, 0.3) is 0 Å². The number of halogens is 1. The molecule has 2 aromatic rings. The maximum absolute atomic E-state index is 13.4. The molecule has 0 fully saturated rings. The molecule has 5 heteroatoms. The zero-order chi connectivity index (χ0) is 12.1. The van der Waals surface area contributed by atoms with Crippen LogP contribution in [0.2, 0.25) is 0 Å². The molecule has 1 heterocycles. The molecule has 1 aromatic heterocycles. The van der Waals surface area contributed by atoms with Gasteiger partial charge in [0, 0.05) is 24.5 Å². The molecule has 3 nitrogen and oxygen atoms in total. The van der Waals surface area contributed by atoms with E-state index in [1.54, 1.807) is 12.1 Å². The molecule has 0 aliphatic rings. The number of nitrogens with zero attached hydrogens (tertiary/aromatic N) is 2. The maximum atomic E-state index is 13.4. The first kappa shape index (κ1) is 12.0. The molecule has 0 bridgehead atoms. The smallest absolute Gasteiger partial charge is 0.202 e. The molecule has 0 amide bonds. The van der Waals surface area contributed by atoms with Gasteiger partial charge in [0.15, 0.2) is 0 Å². The Morgan fingerprint density at radius 2 is 2.18 bits per heavy atom. The lowest BCUT2D eigenvalue weighted by atomic mass is 10.1. The molecule has 0 aliphatic carbocycles. The third-order valence-electron chi connectivity index (χ3n) is 2.30. The number of hydrogen-bond donors (Lipinski definition) is 1. The summed E-state index contributed by atoms with van der Waals surface area (Å²) in [6, 6.07) is 6.72. The molecule has 0 saturated carbocycles. The van der Waals surface area contributed by atoms with Crippen molar-refractivity contribution in [1.29, 1.82) is 0 Å². The molecule has 1 aromatic carbocycles. The average molecular weight is 251 g/mol. The molecule has 2 rings (SSSR count). The predicted octanol–water partition coefficient (Wildman–Crippen LogP) is 3.09. The van der Waals surface area contributed by atoms with Crippen LogP contribution in [0.3, 0.4) is 0 Å². The zero-order valence-electron chi connectivity index (χ0n) is 9.61. The minimum atomic E-state index is -0.203. The third-order valence-corrected chi connectivity index (χ3v) is 3.01. The third kappa shape index (κ3) is 3.23. The van der Waals surface area contributed by atoms with Crippen molar-refractivity contribution in [1.82, 2.24) is 9.36 Å². The SMILES string of the molecule is CCCNc1nc(Cc2ccccc2F)ns1. The van der Waals surface area contributed by atoms with Gasteiger partial charge in [0.1, 0.15) is 11.6 Å². The van der Waals surface area contributed by atoms with Gasteiger partial charge in [0.2, 0.25) is 5.13 Å². The molecule has 90 valence electrons. The average Bonchev–Trinajstić information content (AvgIpc) is 2.77. The van der Waals surface area contributed by atoms with E-state index < -0.39 is 0 Å². The van der Waals surface area contributed by atoms with Crippen molar-refractivity contribution >= 4 is 16.7 Å². The van der Waals surface area contributed by atoms with Crippen molar-refractivity contribution in [2.75, 3.05) is 11.9 Å². The summed E-state index contributed by atoms with van der Waals surface area (Å²) in [4.78, 5) is 4.31. The lowest BCUT2D eigenvalue weighted by Crippen LogP contribution is -1.99. The molecular formula is C12H14FN3S. The molecule has 17 heavy (non-hydrogen) atoms. The molecule has 0 radical (unpaired) electrons. The van der Waals surface area contributed by atoms with Crippen molar-refractivity contribution in [2.24, 2.45) is 0 Å². The quantitative estimate of drug-likeness (QED) is 0.887. The first-order valence-electron chi connectivity index (χ1n) is 5.59. The highest BCUT2D eigenvalue weighted by Gasteiger charge is 2.07. The normalized spacial score (nSPS) is 10.5. The van der Waals surface area contributed by atoms with Crippen LogP contribution in [-0.4, -0.2) is 15.9 Å². The first-order chi connectivity index (χ1) is 8.29. The Morgan fingerprint density at radius 1 is 1.35 bits per heavy atom. The standard InChI is InChI=1S/C12H14FN3S/c1-2-7-14-12-15-11(16-17-12)8-9-5-3-4-6-10(9)13/h3-6H,2,7-8H2,1H3,(H,14,15,16). The van der Waals surface area contributed by atoms with E-state index in [0.29, 0.717) is 17.8 Å². The molecule has 0 spiro atoms. The molecule has 0 saturated heterocycles. The van der Waals surface area contributed by atoms with Gasteiger partial charge in [-0.25, -0.2) is 9.37 Å². The largest absolute Gasteiger partial charge is 0.360 e. The van der Waals surface area contributed by atoms with Crippen LogP contribution >= 0.6 is 11.5 Å². The van der Waals surface area contributed by atoms with E-state index in [9.17, 15) is 4.39 Å². The van der Waals surface area contributed by atoms with E-state index in [-0.39, 0.29) is 5.82 Å². The molecule has 0 atom stereocenters. The number of rotatable bonds is 5. The molecular weight excluding hydrogens is 237 g/mol. The summed E-state index contributed by atoms with van der Waals surface area (Å²) in [7, 11) is 0. The molecule has 0 aliphatic heterocycles. The number of hydrogen-bond acceptors (Lipinski definition) is 4. The highest BCUT2D eigenvalue weighted by atomic mass is 32.1. The Hall–Kier alpha value is -1.49. The van der Waals surface area contributed by atoms with Crippen LogP contribution in [-0.2, 0) is 6.42 Å². The fraction of sp³-hybridized carbons (Fsp3) is 0.333. The topological polar surface area (TPSA) is 37.8 Å². The highest BCUT2D eigenvalue weighted by molar-refractivity contribution is 7.09. The minimum absolute atomic E-state index is 0.203. The summed E-state index contributed by atoms with van der Waals surface area (Å²) >= 11 is 1.32. The highest BCUT2D eigenvalue weighted by Crippen LogP contribution is 2.15. The minimum Gasteiger partial charge on any atom is -0.360 e. The Balaban J connectivity index is 2.04. The van der Waals surface area contributed by atoms with Gasteiger partial charge in [-0.1, -0.05) is 25.1 Å². The van der Waals surface area contributed by atoms with Gasteiger partial charge in [0.05, 0.1) is 0 Å². The van der Waals surface area contributed by atoms with Gasteiger partial charge in [-0.05, 0) is 18.1 Å². The second-order valence-electron chi connectivity index (χ2n) is 3.71. The van der Waals surface area contributed by atoms with Gasteiger partial charge in [-0.2, -0.15) is 4.37 Å². The van der Waals surface area contributed by atoms with Gasteiger partial charge in [-0.15, -0.1) is 0 Å². The van der Waals surface area contributed by atoms with Crippen LogP contribution < -0.4 is 5.32 Å². The van der Waals surface area contributed by atoms with Gasteiger partial charge < -0.3 is 5.32 Å². The van der Waals surface area contributed by atoms with E-state index in [0.717, 1.165) is 18.1 Å². The zero-order valence-corrected chi connectivity index (χ0v) is 10.4. The number of aromatic nitrogens is 2. The van der Waals surface area contributed by atoms with Crippen LogP contribution in [0.1, 0.15) is 24.7 Å². The van der Waals surface area contributed by atoms with Crippen molar-refractivity contribution < 1.29 is 4.39 Å². The van der Waals surface area contributed by atoms with Gasteiger partial charge >= 0.3 is 0 Å². The fourth-order valence-electron chi connectivity index (χ4n) is 1.44. The Labute approximate surface area is 104 Å². The molecule has 0 unspecified atom stereocenters. The summed E-state index contributed by atoms with van der Waals surface area (Å²) in [5.41, 5.74) is 0.632. The van der Waals surface area contributed by atoms with Crippen molar-refractivity contribution in [3.05, 3.63) is 41.5 Å². The van der Waals surface area contributed by atoms with Crippen molar-refractivity contribution in [3.8, 4) is 0 Å². The van der Waals surface area contributed by atoms with E-state index in [2.05, 4.69) is 21.6 Å². The van der Waals surface area contributed by atoms with Crippen LogP contribution in [0.4, 0.5) is 9.52 Å². The van der Waals surface area contributed by atoms with E-state index in [1.165, 1.54) is 17.6 Å². The first-order valence-corrected chi connectivity index (χ1v) is 6.37. The predicted molar refractivity (Wildman–Crippen MR) is 67.9 cm³/mol. The lowest BCUT2D eigenvalue weighted by Gasteiger charge is -1.99. The summed E-state index contributed by atoms with van der Waals surface area (Å²) in [6.45, 7) is 2.97. The van der Waals surface area contributed by atoms with Crippen molar-refractivity contribution in [2.45, 2.75) is 19.8 Å². The monoisotopic (exact) mass is 251 g/mol. The maximum Gasteiger partial charge on any atom is 0.202 e. The van der Waals surface area contributed by atoms with Gasteiger partial charge in [0.25, 0.3) is 0 Å². The summed E-state index contributed by atoms with van der Waals surface area (Å²) < 4.78 is 17.6. The number of benzene rings is 1. The van der Waals surface area contributed by atoms with Crippen LogP contribution in [0.5, 0.6) is 0 Å². The summed E-state index contributed by atoms with van der Waals surface area (Å²) in [5, 5.41) is 3.97. The molecule has 1 N–H and O–H groups in total. The number of nitrogens with one attached hydrogen (secondary N) is 1. The Morgan fingerprint density at radius 3 is 2.94 bits per heavy atom. The van der Waals surface area contributed by atoms with Crippen LogP contribution in [0, 0.1) is 5.82 Å². The Kier molecular flexibility index (Phi) is 4.03. The fourth-order valence-corrected chi connectivity index (χ4v) is 2.05. The summed E-state index contributed by atoms with van der Waals surface area (Å²) in [6.07, 6.45) is 1.49. The second kappa shape index (κ2) is 5.72. The summed E-state index contributed by atoms with van der Waals surface area (Å²) in [5.74, 6) is 0.462. The van der Waals surface area contributed by atoms with Crippen molar-refractivity contribution in [3.63, 3.8) is 0 Å².